The molecule has 0 spiro atoms. The Morgan fingerprint density at radius 1 is 1.19 bits per heavy atom. The van der Waals surface area contributed by atoms with Crippen LogP contribution < -0.4 is 5.32 Å². The fraction of sp³-hybridized carbons (Fsp3) is 0.286. The number of amides is 1. The first-order chi connectivity index (χ1) is 13.0. The Kier molecular flexibility index (Phi) is 8.01. The molecule has 142 valence electrons. The molecule has 1 N–H and O–H groups in total. The Morgan fingerprint density at radius 3 is 2.59 bits per heavy atom. The van der Waals surface area contributed by atoms with Crippen molar-refractivity contribution in [2.24, 2.45) is 0 Å². The van der Waals surface area contributed by atoms with Gasteiger partial charge in [-0.15, -0.1) is 0 Å². The van der Waals surface area contributed by atoms with E-state index >= 15 is 0 Å². The molecule has 0 aliphatic rings. The SMILES string of the molecule is CCOC(=O)CCC(C=O)c1cc(Cl)cc(NC(=O)Cc2ccccc2)c1. The summed E-state index contributed by atoms with van der Waals surface area (Å²) in [6.07, 6.45) is 1.47. The van der Waals surface area contributed by atoms with Gasteiger partial charge in [0.05, 0.1) is 13.0 Å². The fourth-order valence-electron chi connectivity index (χ4n) is 2.70. The van der Waals surface area contributed by atoms with E-state index in [4.69, 9.17) is 16.3 Å². The van der Waals surface area contributed by atoms with Crippen LogP contribution in [0.1, 0.15) is 36.8 Å². The number of ether oxygens (including phenoxy) is 1. The van der Waals surface area contributed by atoms with E-state index in [1.807, 2.05) is 30.3 Å². The van der Waals surface area contributed by atoms with Crippen molar-refractivity contribution in [2.75, 3.05) is 11.9 Å². The molecule has 2 rings (SSSR count). The molecular formula is C21H22ClNO4. The molecule has 0 fully saturated rings. The number of carbonyl (C=O) groups excluding carboxylic acids is 3. The highest BCUT2D eigenvalue weighted by Crippen LogP contribution is 2.27. The third-order valence-electron chi connectivity index (χ3n) is 3.97. The van der Waals surface area contributed by atoms with Crippen LogP contribution in [0.3, 0.4) is 0 Å². The maximum Gasteiger partial charge on any atom is 0.305 e. The smallest absolute Gasteiger partial charge is 0.305 e. The zero-order valence-electron chi connectivity index (χ0n) is 15.1. The molecule has 0 saturated carbocycles. The van der Waals surface area contributed by atoms with Gasteiger partial charge in [0.1, 0.15) is 6.29 Å². The minimum atomic E-state index is -0.502. The molecule has 1 amide bonds. The largest absolute Gasteiger partial charge is 0.466 e. The Balaban J connectivity index is 2.06. The molecule has 5 nitrogen and oxygen atoms in total. The maximum absolute atomic E-state index is 12.2. The van der Waals surface area contributed by atoms with E-state index in [0.717, 1.165) is 11.8 Å². The van der Waals surface area contributed by atoms with Gasteiger partial charge in [-0.05, 0) is 42.7 Å². The molecule has 0 saturated heterocycles. The Bertz CT molecular complexity index is 792. The van der Waals surface area contributed by atoms with Gasteiger partial charge in [0.25, 0.3) is 0 Å². The van der Waals surface area contributed by atoms with Crippen molar-refractivity contribution in [3.63, 3.8) is 0 Å². The third-order valence-corrected chi connectivity index (χ3v) is 4.19. The Hall–Kier alpha value is -2.66. The molecule has 1 atom stereocenters. The van der Waals surface area contributed by atoms with Gasteiger partial charge in [-0.25, -0.2) is 0 Å². The minimum absolute atomic E-state index is 0.138. The van der Waals surface area contributed by atoms with Gasteiger partial charge in [-0.3, -0.25) is 9.59 Å². The van der Waals surface area contributed by atoms with Crippen LogP contribution in [-0.2, 0) is 25.5 Å². The van der Waals surface area contributed by atoms with E-state index in [2.05, 4.69) is 5.32 Å². The average Bonchev–Trinajstić information content (AvgIpc) is 2.62. The summed E-state index contributed by atoms with van der Waals surface area (Å²) in [5.74, 6) is -1.02. The second-order valence-corrected chi connectivity index (χ2v) is 6.51. The van der Waals surface area contributed by atoms with Gasteiger partial charge in [0.15, 0.2) is 0 Å². The van der Waals surface area contributed by atoms with Crippen molar-refractivity contribution >= 4 is 35.5 Å². The molecule has 0 aromatic heterocycles. The van der Waals surface area contributed by atoms with E-state index in [9.17, 15) is 14.4 Å². The fourth-order valence-corrected chi connectivity index (χ4v) is 2.95. The number of nitrogens with one attached hydrogen (secondary N) is 1. The summed E-state index contributed by atoms with van der Waals surface area (Å²) in [6.45, 7) is 2.04. The topological polar surface area (TPSA) is 72.5 Å². The number of hydrogen-bond acceptors (Lipinski definition) is 4. The quantitative estimate of drug-likeness (QED) is 0.518. The number of esters is 1. The number of rotatable bonds is 9. The molecule has 0 aliphatic heterocycles. The van der Waals surface area contributed by atoms with Gasteiger partial charge >= 0.3 is 5.97 Å². The molecule has 0 heterocycles. The first kappa shape index (κ1) is 20.6. The van der Waals surface area contributed by atoms with Crippen LogP contribution in [0.4, 0.5) is 5.69 Å². The Morgan fingerprint density at radius 2 is 1.93 bits per heavy atom. The number of benzene rings is 2. The van der Waals surface area contributed by atoms with Crippen LogP contribution in [-0.4, -0.2) is 24.8 Å². The van der Waals surface area contributed by atoms with Crippen molar-refractivity contribution in [3.05, 3.63) is 64.7 Å². The van der Waals surface area contributed by atoms with Crippen molar-refractivity contribution in [3.8, 4) is 0 Å². The van der Waals surface area contributed by atoms with Crippen molar-refractivity contribution < 1.29 is 19.1 Å². The molecule has 6 heteroatoms. The molecular weight excluding hydrogens is 366 g/mol. The number of hydrogen-bond donors (Lipinski definition) is 1. The highest BCUT2D eigenvalue weighted by molar-refractivity contribution is 6.31. The summed E-state index contributed by atoms with van der Waals surface area (Å²) in [6, 6.07) is 14.4. The average molecular weight is 388 g/mol. The molecule has 1 unspecified atom stereocenters. The van der Waals surface area contributed by atoms with E-state index in [0.29, 0.717) is 29.3 Å². The first-order valence-electron chi connectivity index (χ1n) is 8.77. The van der Waals surface area contributed by atoms with E-state index in [1.54, 1.807) is 25.1 Å². The van der Waals surface area contributed by atoms with Crippen molar-refractivity contribution in [1.82, 2.24) is 0 Å². The van der Waals surface area contributed by atoms with Gasteiger partial charge in [0.2, 0.25) is 5.91 Å². The second kappa shape index (κ2) is 10.5. The molecule has 0 bridgehead atoms. The van der Waals surface area contributed by atoms with Crippen LogP contribution in [0.2, 0.25) is 5.02 Å². The number of carbonyl (C=O) groups is 3. The Labute approximate surface area is 163 Å². The first-order valence-corrected chi connectivity index (χ1v) is 9.14. The van der Waals surface area contributed by atoms with Gasteiger partial charge < -0.3 is 14.8 Å². The van der Waals surface area contributed by atoms with Crippen molar-refractivity contribution in [1.29, 1.82) is 0 Å². The molecule has 0 aliphatic carbocycles. The number of halogens is 1. The predicted octanol–water partition coefficient (Wildman–Crippen LogP) is 4.15. The van der Waals surface area contributed by atoms with Crippen LogP contribution in [0.5, 0.6) is 0 Å². The summed E-state index contributed by atoms with van der Waals surface area (Å²) < 4.78 is 4.89. The number of anilines is 1. The lowest BCUT2D eigenvalue weighted by atomic mass is 9.95. The minimum Gasteiger partial charge on any atom is -0.466 e. The predicted molar refractivity (Wildman–Crippen MR) is 105 cm³/mol. The van der Waals surface area contributed by atoms with Crippen LogP contribution in [0, 0.1) is 0 Å². The lowest BCUT2D eigenvalue weighted by Gasteiger charge is -2.13. The summed E-state index contributed by atoms with van der Waals surface area (Å²) in [7, 11) is 0. The lowest BCUT2D eigenvalue weighted by molar-refractivity contribution is -0.143. The van der Waals surface area contributed by atoms with Gasteiger partial charge in [0, 0.05) is 23.0 Å². The zero-order valence-corrected chi connectivity index (χ0v) is 15.9. The third kappa shape index (κ3) is 6.87. The summed E-state index contributed by atoms with van der Waals surface area (Å²) >= 11 is 6.15. The summed E-state index contributed by atoms with van der Waals surface area (Å²) in [5.41, 5.74) is 2.07. The van der Waals surface area contributed by atoms with Crippen molar-refractivity contribution in [2.45, 2.75) is 32.1 Å². The molecule has 27 heavy (non-hydrogen) atoms. The second-order valence-electron chi connectivity index (χ2n) is 6.07. The summed E-state index contributed by atoms with van der Waals surface area (Å²) in [5, 5.41) is 3.21. The highest BCUT2D eigenvalue weighted by atomic mass is 35.5. The van der Waals surface area contributed by atoms with E-state index in [1.165, 1.54) is 0 Å². The van der Waals surface area contributed by atoms with Gasteiger partial charge in [-0.1, -0.05) is 41.9 Å². The normalized spacial score (nSPS) is 11.5. The highest BCUT2D eigenvalue weighted by Gasteiger charge is 2.15. The standard InChI is InChI=1S/C21H22ClNO4/c1-2-27-21(26)9-8-16(14-24)17-11-18(22)13-19(12-17)23-20(25)10-15-6-4-3-5-7-15/h3-7,11-14,16H,2,8-10H2,1H3,(H,23,25). The zero-order chi connectivity index (χ0) is 19.6. The van der Waals surface area contributed by atoms with Crippen LogP contribution in [0.25, 0.3) is 0 Å². The van der Waals surface area contributed by atoms with Crippen LogP contribution >= 0.6 is 11.6 Å². The molecule has 2 aromatic carbocycles. The maximum atomic E-state index is 12.2. The monoisotopic (exact) mass is 387 g/mol. The van der Waals surface area contributed by atoms with E-state index < -0.39 is 5.92 Å². The van der Waals surface area contributed by atoms with Gasteiger partial charge in [-0.2, -0.15) is 0 Å². The lowest BCUT2D eigenvalue weighted by Crippen LogP contribution is -2.15. The van der Waals surface area contributed by atoms with E-state index in [-0.39, 0.29) is 24.7 Å². The van der Waals surface area contributed by atoms with Crippen LogP contribution in [0.15, 0.2) is 48.5 Å². The molecule has 0 radical (unpaired) electrons. The number of aldehydes is 1. The molecule has 2 aromatic rings. The summed E-state index contributed by atoms with van der Waals surface area (Å²) in [4.78, 5) is 35.3.